The minimum atomic E-state index is 0.662. The minimum absolute atomic E-state index is 0.662. The van der Waals surface area contributed by atoms with Crippen molar-refractivity contribution in [2.24, 2.45) is 0 Å². The van der Waals surface area contributed by atoms with Gasteiger partial charge < -0.3 is 19.4 Å². The van der Waals surface area contributed by atoms with E-state index in [1.807, 2.05) is 36.4 Å². The Morgan fingerprint density at radius 1 is 0.824 bits per heavy atom. The lowest BCUT2D eigenvalue weighted by Crippen LogP contribution is -2.04. The van der Waals surface area contributed by atoms with Crippen LogP contribution >= 0.6 is 0 Å². The maximum absolute atomic E-state index is 5.36. The van der Waals surface area contributed by atoms with Crippen LogP contribution < -0.4 is 14.8 Å². The van der Waals surface area contributed by atoms with E-state index >= 15 is 0 Å². The number of hydrogen-bond acceptors (Lipinski definition) is 5. The van der Waals surface area contributed by atoms with Crippen molar-refractivity contribution in [1.82, 2.24) is 14.5 Å². The van der Waals surface area contributed by atoms with Crippen molar-refractivity contribution in [1.29, 1.82) is 0 Å². The van der Waals surface area contributed by atoms with E-state index in [1.54, 1.807) is 20.5 Å². The third kappa shape index (κ3) is 4.30. The molecular formula is C28H26N4O2. The second kappa shape index (κ2) is 9.27. The van der Waals surface area contributed by atoms with Gasteiger partial charge in [-0.2, -0.15) is 0 Å². The molecule has 0 saturated heterocycles. The van der Waals surface area contributed by atoms with E-state index in [-0.39, 0.29) is 0 Å². The molecule has 5 aromatic rings. The summed E-state index contributed by atoms with van der Waals surface area (Å²) in [6, 6.07) is 26.6. The van der Waals surface area contributed by atoms with Crippen molar-refractivity contribution in [2.75, 3.05) is 19.5 Å². The molecule has 6 nitrogen and oxygen atoms in total. The van der Waals surface area contributed by atoms with Gasteiger partial charge in [-0.25, -0.2) is 9.97 Å². The molecule has 0 radical (unpaired) electrons. The predicted octanol–water partition coefficient (Wildman–Crippen LogP) is 6.22. The standard InChI is InChI=1S/C28H26N4O2/c1-19-5-4-6-22(15-19)31-27-25-16-26(21-9-13-24(34-3)14-10-21)32(28(25)30-18-29-27)17-20-7-11-23(33-2)12-8-20/h4-16,18H,17H2,1-3H3,(H,29,30,31). The average molecular weight is 451 g/mol. The number of benzene rings is 3. The van der Waals surface area contributed by atoms with Gasteiger partial charge in [-0.1, -0.05) is 24.3 Å². The van der Waals surface area contributed by atoms with Crippen LogP contribution in [0.1, 0.15) is 11.1 Å². The van der Waals surface area contributed by atoms with Gasteiger partial charge in [0.1, 0.15) is 29.3 Å². The van der Waals surface area contributed by atoms with Crippen LogP contribution in [0, 0.1) is 6.92 Å². The number of nitrogens with one attached hydrogen (secondary N) is 1. The van der Waals surface area contributed by atoms with Crippen LogP contribution in [-0.4, -0.2) is 28.8 Å². The maximum atomic E-state index is 5.36. The largest absolute Gasteiger partial charge is 0.497 e. The predicted molar refractivity (Wildman–Crippen MR) is 136 cm³/mol. The molecule has 2 aromatic heterocycles. The number of rotatable bonds is 7. The summed E-state index contributed by atoms with van der Waals surface area (Å²) >= 11 is 0. The van der Waals surface area contributed by atoms with Crippen molar-refractivity contribution in [2.45, 2.75) is 13.5 Å². The summed E-state index contributed by atoms with van der Waals surface area (Å²) in [5.74, 6) is 2.44. The van der Waals surface area contributed by atoms with Crippen LogP contribution in [0.2, 0.25) is 0 Å². The molecule has 0 atom stereocenters. The Kier molecular flexibility index (Phi) is 5.87. The fraction of sp³-hybridized carbons (Fsp3) is 0.143. The zero-order chi connectivity index (χ0) is 23.5. The Balaban J connectivity index is 1.63. The highest BCUT2D eigenvalue weighted by atomic mass is 16.5. The third-order valence-electron chi connectivity index (χ3n) is 5.86. The van der Waals surface area contributed by atoms with Gasteiger partial charge in [0.05, 0.1) is 25.3 Å². The first-order valence-electron chi connectivity index (χ1n) is 11.1. The quantitative estimate of drug-likeness (QED) is 0.319. The second-order valence-corrected chi connectivity index (χ2v) is 8.15. The molecule has 0 fully saturated rings. The van der Waals surface area contributed by atoms with E-state index in [9.17, 15) is 0 Å². The van der Waals surface area contributed by atoms with E-state index < -0.39 is 0 Å². The molecule has 0 aliphatic rings. The highest BCUT2D eigenvalue weighted by molar-refractivity contribution is 5.94. The van der Waals surface area contributed by atoms with Gasteiger partial charge in [0.2, 0.25) is 0 Å². The fourth-order valence-corrected chi connectivity index (χ4v) is 4.10. The van der Waals surface area contributed by atoms with Gasteiger partial charge in [0.25, 0.3) is 0 Å². The van der Waals surface area contributed by atoms with Crippen molar-refractivity contribution >= 4 is 22.5 Å². The molecule has 0 amide bonds. The summed E-state index contributed by atoms with van der Waals surface area (Å²) in [5.41, 5.74) is 6.34. The van der Waals surface area contributed by atoms with Gasteiger partial charge in [-0.05, 0) is 78.2 Å². The number of anilines is 2. The van der Waals surface area contributed by atoms with Crippen molar-refractivity contribution in [3.63, 3.8) is 0 Å². The molecule has 0 aliphatic carbocycles. The molecular weight excluding hydrogens is 424 g/mol. The molecule has 0 aliphatic heterocycles. The normalized spacial score (nSPS) is 10.9. The summed E-state index contributed by atoms with van der Waals surface area (Å²) in [7, 11) is 3.35. The van der Waals surface area contributed by atoms with Crippen LogP contribution in [0.15, 0.2) is 85.2 Å². The Hall–Kier alpha value is -4.32. The SMILES string of the molecule is COc1ccc(Cn2c(-c3ccc(OC)cc3)cc3c(Nc4cccc(C)c4)ncnc32)cc1. The van der Waals surface area contributed by atoms with E-state index in [1.165, 1.54) is 5.56 Å². The van der Waals surface area contributed by atoms with Crippen molar-refractivity contribution in [3.05, 3.63) is 96.3 Å². The zero-order valence-corrected chi connectivity index (χ0v) is 19.4. The first kappa shape index (κ1) is 21.5. The fourth-order valence-electron chi connectivity index (χ4n) is 4.10. The van der Waals surface area contributed by atoms with Crippen LogP contribution in [0.3, 0.4) is 0 Å². The molecule has 1 N–H and O–H groups in total. The van der Waals surface area contributed by atoms with Crippen molar-refractivity contribution < 1.29 is 9.47 Å². The summed E-state index contributed by atoms with van der Waals surface area (Å²) in [4.78, 5) is 9.24. The Labute approximate surface area is 198 Å². The van der Waals surface area contributed by atoms with Gasteiger partial charge in [-0.3, -0.25) is 0 Å². The average Bonchev–Trinajstić information content (AvgIpc) is 3.24. The van der Waals surface area contributed by atoms with E-state index in [2.05, 4.69) is 69.2 Å². The topological polar surface area (TPSA) is 61.2 Å². The lowest BCUT2D eigenvalue weighted by molar-refractivity contribution is 0.414. The summed E-state index contributed by atoms with van der Waals surface area (Å²) in [6.07, 6.45) is 1.61. The summed E-state index contributed by atoms with van der Waals surface area (Å²) in [6.45, 7) is 2.74. The molecule has 0 spiro atoms. The summed E-state index contributed by atoms with van der Waals surface area (Å²) in [5, 5.41) is 4.44. The number of aromatic nitrogens is 3. The number of hydrogen-bond donors (Lipinski definition) is 1. The number of aryl methyl sites for hydroxylation is 1. The monoisotopic (exact) mass is 450 g/mol. The molecule has 2 heterocycles. The van der Waals surface area contributed by atoms with E-state index in [0.717, 1.165) is 50.9 Å². The molecule has 5 rings (SSSR count). The zero-order valence-electron chi connectivity index (χ0n) is 19.4. The lowest BCUT2D eigenvalue weighted by atomic mass is 10.1. The van der Waals surface area contributed by atoms with Gasteiger partial charge >= 0.3 is 0 Å². The van der Waals surface area contributed by atoms with Crippen molar-refractivity contribution in [3.8, 4) is 22.8 Å². The van der Waals surface area contributed by atoms with E-state index in [0.29, 0.717) is 6.54 Å². The molecule has 34 heavy (non-hydrogen) atoms. The molecule has 6 heteroatoms. The first-order valence-corrected chi connectivity index (χ1v) is 11.1. The van der Waals surface area contributed by atoms with E-state index in [4.69, 9.17) is 9.47 Å². The second-order valence-electron chi connectivity index (χ2n) is 8.15. The first-order chi connectivity index (χ1) is 16.6. The number of fused-ring (bicyclic) bond motifs is 1. The molecule has 0 bridgehead atoms. The molecule has 0 unspecified atom stereocenters. The van der Waals surface area contributed by atoms with Crippen LogP contribution in [-0.2, 0) is 6.54 Å². The molecule has 3 aromatic carbocycles. The molecule has 0 saturated carbocycles. The Morgan fingerprint density at radius 2 is 1.53 bits per heavy atom. The third-order valence-corrected chi connectivity index (χ3v) is 5.86. The van der Waals surface area contributed by atoms with Gasteiger partial charge in [-0.15, -0.1) is 0 Å². The van der Waals surface area contributed by atoms with Crippen LogP contribution in [0.25, 0.3) is 22.3 Å². The smallest absolute Gasteiger partial charge is 0.146 e. The lowest BCUT2D eigenvalue weighted by Gasteiger charge is -2.12. The Morgan fingerprint density at radius 3 is 2.21 bits per heavy atom. The van der Waals surface area contributed by atoms with Crippen LogP contribution in [0.4, 0.5) is 11.5 Å². The number of methoxy groups -OCH3 is 2. The minimum Gasteiger partial charge on any atom is -0.497 e. The highest BCUT2D eigenvalue weighted by Crippen LogP contribution is 2.33. The summed E-state index contributed by atoms with van der Waals surface area (Å²) < 4.78 is 12.9. The van der Waals surface area contributed by atoms with Crippen LogP contribution in [0.5, 0.6) is 11.5 Å². The molecule has 170 valence electrons. The highest BCUT2D eigenvalue weighted by Gasteiger charge is 2.16. The maximum Gasteiger partial charge on any atom is 0.146 e. The Bertz CT molecular complexity index is 1420. The number of nitrogens with zero attached hydrogens (tertiary/aromatic N) is 3. The van der Waals surface area contributed by atoms with Gasteiger partial charge in [0, 0.05) is 12.2 Å². The number of ether oxygens (including phenoxy) is 2. The van der Waals surface area contributed by atoms with Gasteiger partial charge in [0.15, 0.2) is 0 Å².